The summed E-state index contributed by atoms with van der Waals surface area (Å²) >= 11 is 0. The average molecular weight is 364 g/mol. The van der Waals surface area contributed by atoms with Gasteiger partial charge in [-0.05, 0) is 29.8 Å². The third kappa shape index (κ3) is 4.50. The third-order valence-corrected chi connectivity index (χ3v) is 3.65. The van der Waals surface area contributed by atoms with Crippen LogP contribution in [0.1, 0.15) is 10.4 Å². The molecule has 3 aromatic carbocycles. The molecule has 1 N–H and O–H groups in total. The number of rotatable bonds is 5. The lowest BCUT2D eigenvalue weighted by atomic mass is 9.99. The van der Waals surface area contributed by atoms with E-state index >= 15 is 0 Å². The first-order valence-corrected chi connectivity index (χ1v) is 8.10. The van der Waals surface area contributed by atoms with Crippen LogP contribution in [0, 0.1) is 0 Å². The number of ether oxygens (including phenoxy) is 3. The summed E-state index contributed by atoms with van der Waals surface area (Å²) in [4.78, 5) is 24.2. The van der Waals surface area contributed by atoms with Gasteiger partial charge in [-0.15, -0.1) is 0 Å². The number of benzene rings is 3. The Balaban J connectivity index is 1.95. The fourth-order valence-corrected chi connectivity index (χ4v) is 2.50. The van der Waals surface area contributed by atoms with Gasteiger partial charge in [-0.3, -0.25) is 0 Å². The SMILES string of the molecule is O=C(OCO)Oc1ccccc1-c1ccccc1C(=O)Oc1ccccc1. The second-order valence-electron chi connectivity index (χ2n) is 5.37. The Kier molecular flexibility index (Phi) is 5.81. The van der Waals surface area contributed by atoms with Crippen molar-refractivity contribution < 1.29 is 28.9 Å². The first kappa shape index (κ1) is 18.2. The molecule has 0 amide bonds. The van der Waals surface area contributed by atoms with Crippen molar-refractivity contribution in [2.75, 3.05) is 6.79 Å². The molecule has 3 rings (SSSR count). The minimum absolute atomic E-state index is 0.191. The highest BCUT2D eigenvalue weighted by molar-refractivity contribution is 5.99. The molecule has 136 valence electrons. The fraction of sp³-hybridized carbons (Fsp3) is 0.0476. The van der Waals surface area contributed by atoms with Crippen molar-refractivity contribution in [3.63, 3.8) is 0 Å². The van der Waals surface area contributed by atoms with Gasteiger partial charge in [0, 0.05) is 5.56 Å². The summed E-state index contributed by atoms with van der Waals surface area (Å²) in [5.41, 5.74) is 1.35. The topological polar surface area (TPSA) is 82.1 Å². The maximum absolute atomic E-state index is 12.7. The van der Waals surface area contributed by atoms with E-state index in [1.54, 1.807) is 72.8 Å². The van der Waals surface area contributed by atoms with Crippen molar-refractivity contribution in [1.29, 1.82) is 0 Å². The Labute approximate surface area is 155 Å². The molecular formula is C21H16O6. The number of aliphatic hydroxyl groups is 1. The molecule has 0 atom stereocenters. The zero-order valence-electron chi connectivity index (χ0n) is 14.2. The summed E-state index contributed by atoms with van der Waals surface area (Å²) in [7, 11) is 0. The molecule has 0 aliphatic carbocycles. The van der Waals surface area contributed by atoms with Crippen LogP contribution in [0.5, 0.6) is 11.5 Å². The smallest absolute Gasteiger partial charge is 0.423 e. The molecule has 0 aliphatic rings. The molecule has 0 bridgehead atoms. The van der Waals surface area contributed by atoms with Crippen LogP contribution < -0.4 is 9.47 Å². The molecule has 6 nitrogen and oxygen atoms in total. The number of para-hydroxylation sites is 2. The van der Waals surface area contributed by atoms with Gasteiger partial charge in [0.1, 0.15) is 11.5 Å². The number of hydrogen-bond donors (Lipinski definition) is 1. The standard InChI is InChI=1S/C21H16O6/c22-14-25-21(24)27-19-13-7-6-11-17(19)16-10-4-5-12-18(16)20(23)26-15-8-2-1-3-9-15/h1-13,22H,14H2. The molecular weight excluding hydrogens is 348 g/mol. The highest BCUT2D eigenvalue weighted by Crippen LogP contribution is 2.33. The minimum Gasteiger partial charge on any atom is -0.423 e. The number of esters is 1. The Bertz CT molecular complexity index is 936. The van der Waals surface area contributed by atoms with Gasteiger partial charge in [0.25, 0.3) is 0 Å². The molecule has 0 aliphatic heterocycles. The molecule has 0 heterocycles. The largest absolute Gasteiger partial charge is 0.515 e. The third-order valence-electron chi connectivity index (χ3n) is 3.65. The van der Waals surface area contributed by atoms with Gasteiger partial charge in [-0.25, -0.2) is 9.59 Å². The predicted octanol–water partition coefficient (Wildman–Crippen LogP) is 4.04. The predicted molar refractivity (Wildman–Crippen MR) is 97.5 cm³/mol. The summed E-state index contributed by atoms with van der Waals surface area (Å²) in [5.74, 6) is 0.0776. The molecule has 3 aromatic rings. The van der Waals surface area contributed by atoms with Crippen LogP contribution in [0.25, 0.3) is 11.1 Å². The van der Waals surface area contributed by atoms with E-state index in [4.69, 9.17) is 14.6 Å². The van der Waals surface area contributed by atoms with E-state index in [2.05, 4.69) is 4.74 Å². The fourth-order valence-electron chi connectivity index (χ4n) is 2.50. The van der Waals surface area contributed by atoms with Crippen molar-refractivity contribution in [2.24, 2.45) is 0 Å². The second kappa shape index (κ2) is 8.64. The molecule has 0 aromatic heterocycles. The van der Waals surface area contributed by atoms with Crippen LogP contribution in [0.4, 0.5) is 4.79 Å². The van der Waals surface area contributed by atoms with Crippen LogP contribution in [0.15, 0.2) is 78.9 Å². The van der Waals surface area contributed by atoms with Crippen LogP contribution >= 0.6 is 0 Å². The Morgan fingerprint density at radius 1 is 0.741 bits per heavy atom. The summed E-state index contributed by atoms with van der Waals surface area (Å²) in [6.45, 7) is -0.791. The van der Waals surface area contributed by atoms with Crippen LogP contribution in [0.3, 0.4) is 0 Å². The van der Waals surface area contributed by atoms with E-state index in [0.29, 0.717) is 22.4 Å². The van der Waals surface area contributed by atoms with Crippen molar-refractivity contribution in [3.05, 3.63) is 84.4 Å². The monoisotopic (exact) mass is 364 g/mol. The van der Waals surface area contributed by atoms with E-state index in [9.17, 15) is 9.59 Å². The lowest BCUT2D eigenvalue weighted by Gasteiger charge is -2.13. The normalized spacial score (nSPS) is 10.1. The van der Waals surface area contributed by atoms with E-state index in [0.717, 1.165) is 0 Å². The van der Waals surface area contributed by atoms with Gasteiger partial charge in [0.15, 0.2) is 6.79 Å². The van der Waals surface area contributed by atoms with Crippen molar-refractivity contribution >= 4 is 12.1 Å². The van der Waals surface area contributed by atoms with Crippen molar-refractivity contribution in [1.82, 2.24) is 0 Å². The van der Waals surface area contributed by atoms with Crippen LogP contribution in [-0.4, -0.2) is 24.0 Å². The van der Waals surface area contributed by atoms with E-state index in [1.165, 1.54) is 0 Å². The molecule has 6 heteroatoms. The van der Waals surface area contributed by atoms with Crippen molar-refractivity contribution in [2.45, 2.75) is 0 Å². The molecule has 0 saturated carbocycles. The number of aliphatic hydroxyl groups excluding tert-OH is 1. The average Bonchev–Trinajstić information content (AvgIpc) is 2.69. The van der Waals surface area contributed by atoms with E-state index in [1.807, 2.05) is 6.07 Å². The Morgan fingerprint density at radius 2 is 1.37 bits per heavy atom. The Morgan fingerprint density at radius 3 is 2.11 bits per heavy atom. The summed E-state index contributed by atoms with van der Waals surface area (Å²) < 4.78 is 14.9. The highest BCUT2D eigenvalue weighted by atomic mass is 16.8. The van der Waals surface area contributed by atoms with Gasteiger partial charge >= 0.3 is 12.1 Å². The lowest BCUT2D eigenvalue weighted by Crippen LogP contribution is -2.13. The van der Waals surface area contributed by atoms with Crippen LogP contribution in [-0.2, 0) is 4.74 Å². The highest BCUT2D eigenvalue weighted by Gasteiger charge is 2.18. The maximum Gasteiger partial charge on any atom is 0.515 e. The summed E-state index contributed by atoms with van der Waals surface area (Å²) in [6.07, 6.45) is -1.05. The number of hydrogen-bond acceptors (Lipinski definition) is 6. The van der Waals surface area contributed by atoms with E-state index in [-0.39, 0.29) is 5.75 Å². The summed E-state index contributed by atoms with van der Waals surface area (Å²) in [5, 5.41) is 8.67. The van der Waals surface area contributed by atoms with Crippen LogP contribution in [0.2, 0.25) is 0 Å². The second-order valence-corrected chi connectivity index (χ2v) is 5.37. The molecule has 0 radical (unpaired) electrons. The molecule has 0 fully saturated rings. The lowest BCUT2D eigenvalue weighted by molar-refractivity contribution is 0.0185. The van der Waals surface area contributed by atoms with Gasteiger partial charge in [-0.1, -0.05) is 54.6 Å². The Hall–Kier alpha value is -3.64. The number of carbonyl (C=O) groups excluding carboxylic acids is 2. The van der Waals surface area contributed by atoms with Crippen molar-refractivity contribution in [3.8, 4) is 22.6 Å². The van der Waals surface area contributed by atoms with E-state index < -0.39 is 18.9 Å². The minimum atomic E-state index is -1.05. The van der Waals surface area contributed by atoms with Gasteiger partial charge < -0.3 is 19.3 Å². The quantitative estimate of drug-likeness (QED) is 0.318. The molecule has 0 saturated heterocycles. The first-order valence-electron chi connectivity index (χ1n) is 8.10. The maximum atomic E-state index is 12.7. The zero-order valence-corrected chi connectivity index (χ0v) is 14.2. The van der Waals surface area contributed by atoms with Gasteiger partial charge in [-0.2, -0.15) is 0 Å². The molecule has 27 heavy (non-hydrogen) atoms. The van der Waals surface area contributed by atoms with Gasteiger partial charge in [0.05, 0.1) is 5.56 Å². The summed E-state index contributed by atoms with van der Waals surface area (Å²) in [6, 6.07) is 22.2. The number of carbonyl (C=O) groups is 2. The zero-order chi connectivity index (χ0) is 19.1. The molecule has 0 spiro atoms. The van der Waals surface area contributed by atoms with Gasteiger partial charge in [0.2, 0.25) is 0 Å². The first-order chi connectivity index (χ1) is 13.2. The molecule has 0 unspecified atom stereocenters.